The van der Waals surface area contributed by atoms with Gasteiger partial charge in [0.1, 0.15) is 0 Å². The van der Waals surface area contributed by atoms with Gasteiger partial charge in [0.25, 0.3) is 0 Å². The number of hydrogen-bond donors (Lipinski definition) is 0. The standard InChI is InChI=1S/C20H23N5OS/c1-2-25(17-10-4-3-5-11-17)18(26)16-9-8-14-24(15-16)20-22-21-19(27-20)23-12-6-7-13-23/h3-7,10-13,16H,2,8-9,14-15H2,1H3. The molecular formula is C20H23N5OS. The van der Waals surface area contributed by atoms with Crippen LogP contribution < -0.4 is 9.80 Å². The number of piperidine rings is 1. The second-order valence-corrected chi connectivity index (χ2v) is 7.60. The van der Waals surface area contributed by atoms with Gasteiger partial charge < -0.3 is 9.80 Å². The summed E-state index contributed by atoms with van der Waals surface area (Å²) in [6.45, 7) is 4.32. The highest BCUT2D eigenvalue weighted by atomic mass is 32.1. The molecule has 1 unspecified atom stereocenters. The lowest BCUT2D eigenvalue weighted by Crippen LogP contribution is -2.45. The number of benzene rings is 1. The summed E-state index contributed by atoms with van der Waals surface area (Å²) >= 11 is 1.56. The Morgan fingerprint density at radius 2 is 1.89 bits per heavy atom. The molecule has 4 rings (SSSR count). The van der Waals surface area contributed by atoms with E-state index in [1.165, 1.54) is 0 Å². The molecule has 0 saturated carbocycles. The van der Waals surface area contributed by atoms with Gasteiger partial charge in [0, 0.05) is 37.7 Å². The van der Waals surface area contributed by atoms with Crippen LogP contribution in [0.2, 0.25) is 0 Å². The fourth-order valence-corrected chi connectivity index (χ4v) is 4.40. The van der Waals surface area contributed by atoms with Gasteiger partial charge >= 0.3 is 0 Å². The van der Waals surface area contributed by atoms with Crippen molar-refractivity contribution in [3.05, 3.63) is 54.9 Å². The zero-order valence-electron chi connectivity index (χ0n) is 15.4. The lowest BCUT2D eigenvalue weighted by Gasteiger charge is -2.34. The first-order valence-corrected chi connectivity index (χ1v) is 10.2. The fraction of sp³-hybridized carbons (Fsp3) is 0.350. The first kappa shape index (κ1) is 17.7. The maximum Gasteiger partial charge on any atom is 0.231 e. The van der Waals surface area contributed by atoms with Crippen LogP contribution in [0.3, 0.4) is 0 Å². The first-order chi connectivity index (χ1) is 13.3. The van der Waals surface area contributed by atoms with E-state index in [0.717, 1.165) is 35.3 Å². The highest BCUT2D eigenvalue weighted by Gasteiger charge is 2.30. The molecular weight excluding hydrogens is 358 g/mol. The fourth-order valence-electron chi connectivity index (χ4n) is 3.55. The van der Waals surface area contributed by atoms with E-state index in [9.17, 15) is 4.79 Å². The van der Waals surface area contributed by atoms with Gasteiger partial charge in [-0.1, -0.05) is 29.5 Å². The van der Waals surface area contributed by atoms with Crippen molar-refractivity contribution in [3.63, 3.8) is 0 Å². The van der Waals surface area contributed by atoms with Gasteiger partial charge in [-0.2, -0.15) is 0 Å². The molecule has 2 aromatic heterocycles. The van der Waals surface area contributed by atoms with Crippen molar-refractivity contribution in [2.45, 2.75) is 19.8 Å². The second-order valence-electron chi connectivity index (χ2n) is 6.66. The van der Waals surface area contributed by atoms with Crippen molar-refractivity contribution in [1.29, 1.82) is 0 Å². The quantitative estimate of drug-likeness (QED) is 0.678. The minimum atomic E-state index is -0.0159. The van der Waals surface area contributed by atoms with Crippen LogP contribution >= 0.6 is 11.3 Å². The Hall–Kier alpha value is -2.67. The minimum Gasteiger partial charge on any atom is -0.346 e. The van der Waals surface area contributed by atoms with Crippen LogP contribution in [0.4, 0.5) is 10.8 Å². The molecule has 0 bridgehead atoms. The number of nitrogens with zero attached hydrogens (tertiary/aromatic N) is 5. The zero-order chi connectivity index (χ0) is 18.6. The molecule has 1 atom stereocenters. The summed E-state index contributed by atoms with van der Waals surface area (Å²) in [4.78, 5) is 17.3. The van der Waals surface area contributed by atoms with Crippen LogP contribution in [0, 0.1) is 5.92 Å². The Bertz CT molecular complexity index is 877. The molecule has 0 spiro atoms. The molecule has 1 aromatic carbocycles. The van der Waals surface area contributed by atoms with Gasteiger partial charge in [0.15, 0.2) is 0 Å². The molecule has 0 N–H and O–H groups in total. The lowest BCUT2D eigenvalue weighted by molar-refractivity contribution is -0.122. The van der Waals surface area contributed by atoms with Crippen LogP contribution in [-0.4, -0.2) is 40.3 Å². The molecule has 1 saturated heterocycles. The van der Waals surface area contributed by atoms with Crippen LogP contribution in [0.25, 0.3) is 5.13 Å². The maximum atomic E-state index is 13.2. The lowest BCUT2D eigenvalue weighted by atomic mass is 9.96. The molecule has 0 radical (unpaired) electrons. The summed E-state index contributed by atoms with van der Waals surface area (Å²) in [5.41, 5.74) is 0.966. The molecule has 1 fully saturated rings. The number of rotatable bonds is 5. The smallest absolute Gasteiger partial charge is 0.231 e. The summed E-state index contributed by atoms with van der Waals surface area (Å²) in [6, 6.07) is 13.9. The van der Waals surface area contributed by atoms with Crippen molar-refractivity contribution in [2.24, 2.45) is 5.92 Å². The molecule has 1 amide bonds. The second kappa shape index (κ2) is 7.92. The number of aromatic nitrogens is 3. The summed E-state index contributed by atoms with van der Waals surface area (Å²) in [5.74, 6) is 0.182. The largest absolute Gasteiger partial charge is 0.346 e. The van der Waals surface area contributed by atoms with E-state index in [1.807, 2.05) is 71.2 Å². The van der Waals surface area contributed by atoms with Gasteiger partial charge in [0.2, 0.25) is 16.2 Å². The molecule has 7 heteroatoms. The Labute approximate surface area is 163 Å². The van der Waals surface area contributed by atoms with Crippen molar-refractivity contribution in [1.82, 2.24) is 14.8 Å². The Morgan fingerprint density at radius 1 is 1.15 bits per heavy atom. The predicted molar refractivity (Wildman–Crippen MR) is 109 cm³/mol. The molecule has 1 aliphatic heterocycles. The highest BCUT2D eigenvalue weighted by molar-refractivity contribution is 7.17. The summed E-state index contributed by atoms with van der Waals surface area (Å²) in [7, 11) is 0. The molecule has 1 aliphatic rings. The van der Waals surface area contributed by atoms with Gasteiger partial charge in [-0.3, -0.25) is 9.36 Å². The Morgan fingerprint density at radius 3 is 2.63 bits per heavy atom. The number of carbonyl (C=O) groups excluding carboxylic acids is 1. The van der Waals surface area contributed by atoms with E-state index in [0.29, 0.717) is 13.1 Å². The van der Waals surface area contributed by atoms with Gasteiger partial charge in [-0.25, -0.2) is 0 Å². The molecule has 3 heterocycles. The molecule has 140 valence electrons. The predicted octanol–water partition coefficient (Wildman–Crippen LogP) is 3.60. The van der Waals surface area contributed by atoms with E-state index in [2.05, 4.69) is 15.1 Å². The highest BCUT2D eigenvalue weighted by Crippen LogP contribution is 2.29. The summed E-state index contributed by atoms with van der Waals surface area (Å²) in [6.07, 6.45) is 5.83. The number of hydrogen-bond acceptors (Lipinski definition) is 5. The van der Waals surface area contributed by atoms with Crippen molar-refractivity contribution < 1.29 is 4.79 Å². The summed E-state index contributed by atoms with van der Waals surface area (Å²) in [5, 5.41) is 10.4. The van der Waals surface area contributed by atoms with Crippen LogP contribution in [0.15, 0.2) is 54.9 Å². The summed E-state index contributed by atoms with van der Waals surface area (Å²) < 4.78 is 1.96. The third kappa shape index (κ3) is 3.73. The topological polar surface area (TPSA) is 54.3 Å². The van der Waals surface area contributed by atoms with Gasteiger partial charge in [-0.15, -0.1) is 10.2 Å². The number of carbonyl (C=O) groups is 1. The first-order valence-electron chi connectivity index (χ1n) is 9.34. The molecule has 6 nitrogen and oxygen atoms in total. The Balaban J connectivity index is 1.48. The van der Waals surface area contributed by atoms with Gasteiger partial charge in [-0.05, 0) is 44.0 Å². The van der Waals surface area contributed by atoms with Crippen LogP contribution in [0.5, 0.6) is 0 Å². The molecule has 0 aliphatic carbocycles. The van der Waals surface area contributed by atoms with Crippen molar-refractivity contribution in [3.8, 4) is 5.13 Å². The third-order valence-corrected chi connectivity index (χ3v) is 5.92. The number of para-hydroxylation sites is 1. The normalized spacial score (nSPS) is 17.1. The van der Waals surface area contributed by atoms with Gasteiger partial charge in [0.05, 0.1) is 5.92 Å². The Kier molecular flexibility index (Phi) is 5.20. The third-order valence-electron chi connectivity index (χ3n) is 4.92. The van der Waals surface area contributed by atoms with Crippen molar-refractivity contribution >= 4 is 28.1 Å². The SMILES string of the molecule is CCN(C(=O)C1CCCN(c2nnc(-n3cccc3)s2)C1)c1ccccc1. The van der Waals surface area contributed by atoms with E-state index >= 15 is 0 Å². The van der Waals surface area contributed by atoms with Crippen LogP contribution in [0.1, 0.15) is 19.8 Å². The number of anilines is 2. The van der Waals surface area contributed by atoms with E-state index < -0.39 is 0 Å². The van der Waals surface area contributed by atoms with E-state index in [-0.39, 0.29) is 11.8 Å². The van der Waals surface area contributed by atoms with Crippen molar-refractivity contribution in [2.75, 3.05) is 29.4 Å². The average Bonchev–Trinajstić information content (AvgIpc) is 3.41. The monoisotopic (exact) mass is 381 g/mol. The minimum absolute atomic E-state index is 0.0159. The maximum absolute atomic E-state index is 13.2. The van der Waals surface area contributed by atoms with E-state index in [4.69, 9.17) is 0 Å². The number of amides is 1. The van der Waals surface area contributed by atoms with E-state index in [1.54, 1.807) is 11.3 Å². The average molecular weight is 382 g/mol. The van der Waals surface area contributed by atoms with Crippen LogP contribution in [-0.2, 0) is 4.79 Å². The zero-order valence-corrected chi connectivity index (χ0v) is 16.2. The molecule has 3 aromatic rings. The molecule has 27 heavy (non-hydrogen) atoms.